The minimum atomic E-state index is -0.0444. The highest BCUT2D eigenvalue weighted by atomic mass is 35.5. The minimum Gasteiger partial charge on any atom is -0.497 e. The molecule has 0 spiro atoms. The number of aromatic nitrogens is 2. The predicted octanol–water partition coefficient (Wildman–Crippen LogP) is 5.40. The fourth-order valence-corrected chi connectivity index (χ4v) is 4.16. The third-order valence-corrected chi connectivity index (χ3v) is 5.88. The molecule has 0 atom stereocenters. The smallest absolute Gasteiger partial charge is 0.262 e. The zero-order valence-corrected chi connectivity index (χ0v) is 17.4. The summed E-state index contributed by atoms with van der Waals surface area (Å²) < 4.78 is 7.05. The van der Waals surface area contributed by atoms with Crippen molar-refractivity contribution in [2.45, 2.75) is 17.5 Å². The van der Waals surface area contributed by atoms with Crippen LogP contribution in [0.1, 0.15) is 11.1 Å². The van der Waals surface area contributed by atoms with Gasteiger partial charge in [-0.2, -0.15) is 0 Å². The first-order chi connectivity index (χ1) is 14.1. The molecule has 4 rings (SSSR count). The van der Waals surface area contributed by atoms with Crippen molar-refractivity contribution in [3.63, 3.8) is 0 Å². The molecule has 146 valence electrons. The molecule has 0 aliphatic carbocycles. The Morgan fingerprint density at radius 3 is 2.59 bits per heavy atom. The highest BCUT2D eigenvalue weighted by Crippen LogP contribution is 2.24. The van der Waals surface area contributed by atoms with Gasteiger partial charge < -0.3 is 4.74 Å². The number of para-hydroxylation sites is 1. The van der Waals surface area contributed by atoms with Crippen LogP contribution in [0.15, 0.2) is 82.7 Å². The molecule has 0 N–H and O–H groups in total. The van der Waals surface area contributed by atoms with Gasteiger partial charge in [0.15, 0.2) is 5.16 Å². The Hall–Kier alpha value is -2.76. The SMILES string of the molecule is COc1cccc(Cn2c(SCc3ccc(Cl)cc3)nc3ccccc3c2=O)c1. The normalized spacial score (nSPS) is 11.0. The molecule has 4 nitrogen and oxygen atoms in total. The van der Waals surface area contributed by atoms with Crippen molar-refractivity contribution in [2.24, 2.45) is 0 Å². The molecule has 29 heavy (non-hydrogen) atoms. The van der Waals surface area contributed by atoms with Crippen molar-refractivity contribution in [1.29, 1.82) is 0 Å². The van der Waals surface area contributed by atoms with Gasteiger partial charge in [0.2, 0.25) is 0 Å². The molecule has 3 aromatic carbocycles. The van der Waals surface area contributed by atoms with E-state index in [1.165, 1.54) is 0 Å². The summed E-state index contributed by atoms with van der Waals surface area (Å²) in [6.45, 7) is 0.427. The second-order valence-corrected chi connectivity index (χ2v) is 7.95. The lowest BCUT2D eigenvalue weighted by atomic mass is 10.2. The zero-order valence-electron chi connectivity index (χ0n) is 15.8. The van der Waals surface area contributed by atoms with Crippen LogP contribution >= 0.6 is 23.4 Å². The molecule has 0 radical (unpaired) electrons. The summed E-state index contributed by atoms with van der Waals surface area (Å²) in [5, 5.41) is 2.01. The molecule has 0 bridgehead atoms. The maximum atomic E-state index is 13.2. The van der Waals surface area contributed by atoms with Gasteiger partial charge in [-0.05, 0) is 47.5 Å². The van der Waals surface area contributed by atoms with E-state index in [4.69, 9.17) is 21.3 Å². The van der Waals surface area contributed by atoms with Crippen LogP contribution in [0.4, 0.5) is 0 Å². The van der Waals surface area contributed by atoms with Crippen molar-refractivity contribution in [1.82, 2.24) is 9.55 Å². The van der Waals surface area contributed by atoms with E-state index in [9.17, 15) is 4.79 Å². The van der Waals surface area contributed by atoms with Crippen molar-refractivity contribution in [3.8, 4) is 5.75 Å². The van der Waals surface area contributed by atoms with Crippen LogP contribution in [0.2, 0.25) is 5.02 Å². The van der Waals surface area contributed by atoms with E-state index in [0.717, 1.165) is 16.9 Å². The maximum Gasteiger partial charge on any atom is 0.262 e. The second kappa shape index (κ2) is 8.72. The van der Waals surface area contributed by atoms with Crippen LogP contribution in [-0.4, -0.2) is 16.7 Å². The maximum absolute atomic E-state index is 13.2. The summed E-state index contributed by atoms with van der Waals surface area (Å²) in [6.07, 6.45) is 0. The fraction of sp³-hybridized carbons (Fsp3) is 0.130. The number of hydrogen-bond acceptors (Lipinski definition) is 4. The van der Waals surface area contributed by atoms with Crippen LogP contribution in [0.3, 0.4) is 0 Å². The van der Waals surface area contributed by atoms with E-state index in [-0.39, 0.29) is 5.56 Å². The summed E-state index contributed by atoms with van der Waals surface area (Å²) in [4.78, 5) is 18.0. The molecule has 0 unspecified atom stereocenters. The fourth-order valence-electron chi connectivity index (χ4n) is 3.08. The van der Waals surface area contributed by atoms with E-state index in [0.29, 0.717) is 33.4 Å². The number of hydrogen-bond donors (Lipinski definition) is 0. The third kappa shape index (κ3) is 4.47. The zero-order chi connectivity index (χ0) is 20.2. The molecule has 1 aromatic heterocycles. The molecule has 1 heterocycles. The van der Waals surface area contributed by atoms with Crippen molar-refractivity contribution in [3.05, 3.63) is 99.3 Å². The number of thioether (sulfide) groups is 1. The van der Waals surface area contributed by atoms with Crippen LogP contribution in [0, 0.1) is 0 Å². The third-order valence-electron chi connectivity index (χ3n) is 4.58. The van der Waals surface area contributed by atoms with Crippen LogP contribution < -0.4 is 10.3 Å². The molecule has 4 aromatic rings. The van der Waals surface area contributed by atoms with Crippen molar-refractivity contribution >= 4 is 34.3 Å². The lowest BCUT2D eigenvalue weighted by Crippen LogP contribution is -2.24. The van der Waals surface area contributed by atoms with Crippen LogP contribution in [0.25, 0.3) is 10.9 Å². The highest BCUT2D eigenvalue weighted by Gasteiger charge is 2.12. The van der Waals surface area contributed by atoms with Gasteiger partial charge in [-0.25, -0.2) is 4.98 Å². The minimum absolute atomic E-state index is 0.0444. The number of fused-ring (bicyclic) bond motifs is 1. The van der Waals surface area contributed by atoms with Gasteiger partial charge in [-0.1, -0.05) is 59.8 Å². The van der Waals surface area contributed by atoms with E-state index in [1.54, 1.807) is 23.4 Å². The Balaban J connectivity index is 1.73. The summed E-state index contributed by atoms with van der Waals surface area (Å²) in [7, 11) is 1.64. The Morgan fingerprint density at radius 1 is 1.00 bits per heavy atom. The Bertz CT molecular complexity index is 1210. The topological polar surface area (TPSA) is 44.1 Å². The van der Waals surface area contributed by atoms with Gasteiger partial charge in [0, 0.05) is 10.8 Å². The Kier molecular flexibility index (Phi) is 5.88. The van der Waals surface area contributed by atoms with Gasteiger partial charge in [0.1, 0.15) is 5.75 Å². The number of rotatable bonds is 6. The van der Waals surface area contributed by atoms with Crippen LogP contribution in [-0.2, 0) is 12.3 Å². The van der Waals surface area contributed by atoms with Crippen molar-refractivity contribution < 1.29 is 4.74 Å². The summed E-state index contributed by atoms with van der Waals surface area (Å²) >= 11 is 7.52. The largest absolute Gasteiger partial charge is 0.497 e. The molecule has 0 aliphatic heterocycles. The predicted molar refractivity (Wildman–Crippen MR) is 119 cm³/mol. The molecule has 0 saturated heterocycles. The van der Waals surface area contributed by atoms with E-state index >= 15 is 0 Å². The first kappa shape index (κ1) is 19.6. The number of nitrogens with zero attached hydrogens (tertiary/aromatic N) is 2. The first-order valence-corrected chi connectivity index (χ1v) is 10.5. The molecular formula is C23H19ClN2O2S. The van der Waals surface area contributed by atoms with Gasteiger partial charge in [-0.3, -0.25) is 9.36 Å². The summed E-state index contributed by atoms with van der Waals surface area (Å²) in [5.41, 5.74) is 2.77. The first-order valence-electron chi connectivity index (χ1n) is 9.14. The molecular weight excluding hydrogens is 404 g/mol. The van der Waals surface area contributed by atoms with Crippen molar-refractivity contribution in [2.75, 3.05) is 7.11 Å². The number of methoxy groups -OCH3 is 1. The molecule has 0 amide bonds. The average molecular weight is 423 g/mol. The summed E-state index contributed by atoms with van der Waals surface area (Å²) in [5.74, 6) is 1.46. The second-order valence-electron chi connectivity index (χ2n) is 6.57. The van der Waals surface area contributed by atoms with E-state index in [1.807, 2.05) is 72.8 Å². The monoisotopic (exact) mass is 422 g/mol. The van der Waals surface area contributed by atoms with Crippen LogP contribution in [0.5, 0.6) is 5.75 Å². The Labute approximate surface area is 178 Å². The average Bonchev–Trinajstić information content (AvgIpc) is 2.76. The molecule has 0 saturated carbocycles. The lowest BCUT2D eigenvalue weighted by molar-refractivity contribution is 0.414. The standard InChI is InChI=1S/C23H19ClN2O2S/c1-28-19-6-4-5-17(13-19)14-26-22(27)20-7-2-3-8-21(20)25-23(26)29-15-16-9-11-18(24)12-10-16/h2-13H,14-15H2,1H3. The van der Waals surface area contributed by atoms with Gasteiger partial charge >= 0.3 is 0 Å². The molecule has 6 heteroatoms. The quantitative estimate of drug-likeness (QED) is 0.308. The lowest BCUT2D eigenvalue weighted by Gasteiger charge is -2.14. The van der Waals surface area contributed by atoms with E-state index in [2.05, 4.69) is 0 Å². The van der Waals surface area contributed by atoms with E-state index < -0.39 is 0 Å². The number of benzene rings is 3. The number of ether oxygens (including phenoxy) is 1. The van der Waals surface area contributed by atoms with Gasteiger partial charge in [0.25, 0.3) is 5.56 Å². The highest BCUT2D eigenvalue weighted by molar-refractivity contribution is 7.98. The molecule has 0 aliphatic rings. The Morgan fingerprint density at radius 2 is 1.79 bits per heavy atom. The summed E-state index contributed by atoms with van der Waals surface area (Å²) in [6, 6.07) is 22.9. The van der Waals surface area contributed by atoms with Gasteiger partial charge in [-0.15, -0.1) is 0 Å². The van der Waals surface area contributed by atoms with Gasteiger partial charge in [0.05, 0.1) is 24.6 Å². The molecule has 0 fully saturated rings. The number of halogens is 1.